The highest BCUT2D eigenvalue weighted by Crippen LogP contribution is 2.24. The first-order chi connectivity index (χ1) is 14.5. The van der Waals surface area contributed by atoms with E-state index in [0.717, 1.165) is 13.0 Å². The third-order valence-electron chi connectivity index (χ3n) is 4.48. The Bertz CT molecular complexity index is 1060. The molecule has 0 aliphatic heterocycles. The Morgan fingerprint density at radius 1 is 1.13 bits per heavy atom. The van der Waals surface area contributed by atoms with Gasteiger partial charge in [-0.2, -0.15) is 0 Å². The summed E-state index contributed by atoms with van der Waals surface area (Å²) < 4.78 is 29.2. The largest absolute Gasteiger partial charge is 0.352 e. The molecule has 0 atom stereocenters. The van der Waals surface area contributed by atoms with Crippen LogP contribution in [0.4, 0.5) is 5.69 Å². The molecule has 0 aliphatic carbocycles. The summed E-state index contributed by atoms with van der Waals surface area (Å²) in [6.45, 7) is 5.09. The van der Waals surface area contributed by atoms with Gasteiger partial charge in [0.05, 0.1) is 23.5 Å². The average Bonchev–Trinajstić information content (AvgIpc) is 3.29. The Hall–Kier alpha value is -3.39. The van der Waals surface area contributed by atoms with Crippen LogP contribution in [0.1, 0.15) is 16.8 Å². The Kier molecular flexibility index (Phi) is 7.03. The van der Waals surface area contributed by atoms with E-state index >= 15 is 0 Å². The van der Waals surface area contributed by atoms with E-state index in [2.05, 4.69) is 16.9 Å². The molecule has 8 heteroatoms. The van der Waals surface area contributed by atoms with Gasteiger partial charge in [0.25, 0.3) is 15.9 Å². The van der Waals surface area contributed by atoms with Gasteiger partial charge in [-0.3, -0.25) is 9.10 Å². The van der Waals surface area contributed by atoms with E-state index in [0.29, 0.717) is 17.8 Å². The van der Waals surface area contributed by atoms with E-state index < -0.39 is 10.0 Å². The Labute approximate surface area is 176 Å². The Balaban J connectivity index is 1.66. The van der Waals surface area contributed by atoms with Crippen molar-refractivity contribution in [3.8, 4) is 0 Å². The predicted octanol–water partition coefficient (Wildman–Crippen LogP) is 3.08. The molecule has 0 aliphatic rings. The zero-order valence-corrected chi connectivity index (χ0v) is 17.3. The third kappa shape index (κ3) is 5.15. The van der Waals surface area contributed by atoms with Crippen LogP contribution in [0.2, 0.25) is 0 Å². The molecule has 0 spiro atoms. The van der Waals surface area contributed by atoms with Crippen molar-refractivity contribution >= 4 is 21.6 Å². The number of carbonyl (C=O) groups excluding carboxylic acids is 1. The van der Waals surface area contributed by atoms with Crippen LogP contribution in [-0.2, 0) is 16.6 Å². The summed E-state index contributed by atoms with van der Waals surface area (Å²) in [5.74, 6) is -0.201. The van der Waals surface area contributed by atoms with Gasteiger partial charge in [0.15, 0.2) is 0 Å². The number of amides is 1. The van der Waals surface area contributed by atoms with Crippen molar-refractivity contribution in [1.29, 1.82) is 0 Å². The first-order valence-corrected chi connectivity index (χ1v) is 11.0. The second-order valence-corrected chi connectivity index (χ2v) is 8.46. The molecule has 0 saturated heterocycles. The minimum absolute atomic E-state index is 0.122. The van der Waals surface area contributed by atoms with Crippen LogP contribution in [0.3, 0.4) is 0 Å². The molecule has 3 aromatic rings. The van der Waals surface area contributed by atoms with Crippen molar-refractivity contribution in [3.63, 3.8) is 0 Å². The first kappa shape index (κ1) is 21.3. The molecule has 30 heavy (non-hydrogen) atoms. The monoisotopic (exact) mass is 424 g/mol. The van der Waals surface area contributed by atoms with Gasteiger partial charge < -0.3 is 9.88 Å². The number of rotatable bonds is 10. The van der Waals surface area contributed by atoms with Crippen LogP contribution in [-0.4, -0.2) is 37.0 Å². The zero-order valence-electron chi connectivity index (χ0n) is 16.5. The molecular formula is C22H24N4O3S. The number of hydrogen-bond acceptors (Lipinski definition) is 4. The van der Waals surface area contributed by atoms with E-state index in [4.69, 9.17) is 0 Å². The molecule has 0 saturated carbocycles. The summed E-state index contributed by atoms with van der Waals surface area (Å²) in [4.78, 5) is 16.5. The number of aryl methyl sites for hydroxylation is 1. The average molecular weight is 425 g/mol. The summed E-state index contributed by atoms with van der Waals surface area (Å²) in [7, 11) is -3.73. The number of aromatic nitrogens is 2. The van der Waals surface area contributed by atoms with Gasteiger partial charge in [0, 0.05) is 31.0 Å². The Morgan fingerprint density at radius 3 is 2.50 bits per heavy atom. The van der Waals surface area contributed by atoms with Crippen molar-refractivity contribution in [2.24, 2.45) is 0 Å². The molecule has 3 rings (SSSR count). The van der Waals surface area contributed by atoms with Crippen molar-refractivity contribution in [2.75, 3.05) is 17.4 Å². The number of sulfonamides is 1. The highest BCUT2D eigenvalue weighted by Gasteiger charge is 2.23. The number of imidazole rings is 1. The highest BCUT2D eigenvalue weighted by molar-refractivity contribution is 7.92. The van der Waals surface area contributed by atoms with E-state index in [9.17, 15) is 13.2 Å². The fraction of sp³-hybridized carbons (Fsp3) is 0.182. The lowest BCUT2D eigenvalue weighted by Crippen LogP contribution is -2.31. The lowest BCUT2D eigenvalue weighted by Gasteiger charge is -2.23. The van der Waals surface area contributed by atoms with Crippen LogP contribution in [0.5, 0.6) is 0 Å². The first-order valence-electron chi connectivity index (χ1n) is 9.55. The molecule has 0 radical (unpaired) electrons. The minimum atomic E-state index is -3.73. The second kappa shape index (κ2) is 9.89. The lowest BCUT2D eigenvalue weighted by molar-refractivity contribution is 0.0952. The maximum Gasteiger partial charge on any atom is 0.264 e. The molecule has 2 aromatic carbocycles. The Morgan fingerprint density at radius 2 is 1.87 bits per heavy atom. The molecule has 1 amide bonds. The molecule has 1 heterocycles. The summed E-state index contributed by atoms with van der Waals surface area (Å²) in [5, 5.41) is 2.87. The second-order valence-electron chi connectivity index (χ2n) is 6.59. The van der Waals surface area contributed by atoms with E-state index in [1.165, 1.54) is 10.4 Å². The molecule has 7 nitrogen and oxygen atoms in total. The van der Waals surface area contributed by atoms with Gasteiger partial charge >= 0.3 is 0 Å². The standard InChI is InChI=1S/C22H24N4O3S/c1-2-15-26(30(28,29)21-7-4-3-5-8-21)20-11-9-19(10-12-20)22(27)24-13-6-16-25-17-14-23-18-25/h2-5,7-12,14,17-18H,1,6,13,15-16H2,(H,24,27). The molecule has 0 fully saturated rings. The van der Waals surface area contributed by atoms with Crippen LogP contribution in [0.15, 0.2) is 90.9 Å². The number of nitrogens with one attached hydrogen (secondary N) is 1. The minimum Gasteiger partial charge on any atom is -0.352 e. The van der Waals surface area contributed by atoms with Gasteiger partial charge in [0.2, 0.25) is 0 Å². The quantitative estimate of drug-likeness (QED) is 0.400. The van der Waals surface area contributed by atoms with Gasteiger partial charge in [0.1, 0.15) is 0 Å². The van der Waals surface area contributed by atoms with Gasteiger partial charge in [-0.05, 0) is 42.8 Å². The van der Waals surface area contributed by atoms with Crippen LogP contribution >= 0.6 is 0 Å². The summed E-state index contributed by atoms with van der Waals surface area (Å²) in [6.07, 6.45) is 7.63. The molecule has 0 bridgehead atoms. The molecule has 1 aromatic heterocycles. The van der Waals surface area contributed by atoms with Crippen LogP contribution in [0.25, 0.3) is 0 Å². The number of carbonyl (C=O) groups is 1. The van der Waals surface area contributed by atoms with Gasteiger partial charge in [-0.25, -0.2) is 13.4 Å². The SMILES string of the molecule is C=CCN(c1ccc(C(=O)NCCCn2ccnc2)cc1)S(=O)(=O)c1ccccc1. The maximum atomic E-state index is 13.0. The molecular weight excluding hydrogens is 400 g/mol. The lowest BCUT2D eigenvalue weighted by atomic mass is 10.2. The van der Waals surface area contributed by atoms with Crippen molar-refractivity contribution in [3.05, 3.63) is 91.5 Å². The number of hydrogen-bond donors (Lipinski definition) is 1. The summed E-state index contributed by atoms with van der Waals surface area (Å²) >= 11 is 0. The number of anilines is 1. The van der Waals surface area contributed by atoms with Gasteiger partial charge in [-0.15, -0.1) is 6.58 Å². The fourth-order valence-corrected chi connectivity index (χ4v) is 4.40. The van der Waals surface area contributed by atoms with Crippen molar-refractivity contribution in [2.45, 2.75) is 17.9 Å². The van der Waals surface area contributed by atoms with Crippen LogP contribution < -0.4 is 9.62 Å². The highest BCUT2D eigenvalue weighted by atomic mass is 32.2. The fourth-order valence-electron chi connectivity index (χ4n) is 2.94. The van der Waals surface area contributed by atoms with Gasteiger partial charge in [-0.1, -0.05) is 24.3 Å². The van der Waals surface area contributed by atoms with Crippen molar-refractivity contribution < 1.29 is 13.2 Å². The number of benzene rings is 2. The summed E-state index contributed by atoms with van der Waals surface area (Å²) in [6, 6.07) is 14.7. The third-order valence-corrected chi connectivity index (χ3v) is 6.29. The smallest absolute Gasteiger partial charge is 0.264 e. The molecule has 156 valence electrons. The van der Waals surface area contributed by atoms with Crippen molar-refractivity contribution in [1.82, 2.24) is 14.9 Å². The zero-order chi connectivity index (χ0) is 21.4. The number of nitrogens with zero attached hydrogens (tertiary/aromatic N) is 3. The maximum absolute atomic E-state index is 13.0. The normalized spacial score (nSPS) is 11.1. The molecule has 1 N–H and O–H groups in total. The molecule has 0 unspecified atom stereocenters. The predicted molar refractivity (Wildman–Crippen MR) is 117 cm³/mol. The topological polar surface area (TPSA) is 84.3 Å². The van der Waals surface area contributed by atoms with E-state index in [1.807, 2.05) is 10.8 Å². The summed E-state index contributed by atoms with van der Waals surface area (Å²) in [5.41, 5.74) is 0.937. The van der Waals surface area contributed by atoms with E-state index in [-0.39, 0.29) is 17.3 Å². The van der Waals surface area contributed by atoms with E-state index in [1.54, 1.807) is 67.1 Å². The van der Waals surface area contributed by atoms with Crippen LogP contribution in [0, 0.1) is 0 Å².